The molecule has 2 N–H and O–H groups in total. The number of hydrogen-bond acceptors (Lipinski definition) is 2. The predicted molar refractivity (Wildman–Crippen MR) is 59.3 cm³/mol. The maximum Gasteiger partial charge on any atom is 0.131 e. The topological polar surface area (TPSA) is 35.2 Å². The molecule has 0 bridgehead atoms. The first kappa shape index (κ1) is 11.7. The second kappa shape index (κ2) is 4.94. The first-order chi connectivity index (χ1) is 7.04. The standard InChI is InChI=1S/C12H16FNO/c1-8(2)6-12(14)10-5-4-9(15-3)7-11(10)13/h4-7,12H,14H2,1-3H3. The Labute approximate surface area is 89.6 Å². The highest BCUT2D eigenvalue weighted by Crippen LogP contribution is 2.21. The van der Waals surface area contributed by atoms with Gasteiger partial charge < -0.3 is 10.5 Å². The zero-order chi connectivity index (χ0) is 11.4. The quantitative estimate of drug-likeness (QED) is 0.777. The summed E-state index contributed by atoms with van der Waals surface area (Å²) in [5.41, 5.74) is 7.38. The largest absolute Gasteiger partial charge is 0.497 e. The summed E-state index contributed by atoms with van der Waals surface area (Å²) in [6.07, 6.45) is 1.82. The van der Waals surface area contributed by atoms with Gasteiger partial charge in [0.2, 0.25) is 0 Å². The van der Waals surface area contributed by atoms with Crippen molar-refractivity contribution in [2.45, 2.75) is 19.9 Å². The predicted octanol–water partition coefficient (Wildman–Crippen LogP) is 2.80. The molecule has 0 saturated heterocycles. The number of nitrogens with two attached hydrogens (primary N) is 1. The normalized spacial score (nSPS) is 12.1. The van der Waals surface area contributed by atoms with Gasteiger partial charge in [0.25, 0.3) is 0 Å². The van der Waals surface area contributed by atoms with E-state index in [0.29, 0.717) is 11.3 Å². The molecule has 1 aromatic carbocycles. The summed E-state index contributed by atoms with van der Waals surface area (Å²) >= 11 is 0. The van der Waals surface area contributed by atoms with Crippen LogP contribution in [-0.4, -0.2) is 7.11 Å². The summed E-state index contributed by atoms with van der Waals surface area (Å²) in [4.78, 5) is 0. The second-order valence-electron chi connectivity index (χ2n) is 3.66. The van der Waals surface area contributed by atoms with Gasteiger partial charge in [0.1, 0.15) is 11.6 Å². The highest BCUT2D eigenvalue weighted by Gasteiger charge is 2.09. The van der Waals surface area contributed by atoms with Crippen molar-refractivity contribution in [3.05, 3.63) is 41.2 Å². The maximum absolute atomic E-state index is 13.5. The number of halogens is 1. The van der Waals surface area contributed by atoms with Crippen LogP contribution in [0, 0.1) is 5.82 Å². The Bertz CT molecular complexity index is 370. The summed E-state index contributed by atoms with van der Waals surface area (Å²) in [5, 5.41) is 0. The number of rotatable bonds is 3. The third-order valence-electron chi connectivity index (χ3n) is 2.08. The van der Waals surface area contributed by atoms with Crippen LogP contribution < -0.4 is 10.5 Å². The Morgan fingerprint density at radius 3 is 2.60 bits per heavy atom. The fourth-order valence-corrected chi connectivity index (χ4v) is 1.35. The van der Waals surface area contributed by atoms with Gasteiger partial charge in [-0.25, -0.2) is 4.39 Å². The lowest BCUT2D eigenvalue weighted by Gasteiger charge is -2.10. The Hall–Kier alpha value is -1.35. The minimum Gasteiger partial charge on any atom is -0.497 e. The van der Waals surface area contributed by atoms with E-state index in [-0.39, 0.29) is 5.82 Å². The summed E-state index contributed by atoms with van der Waals surface area (Å²) < 4.78 is 18.5. The summed E-state index contributed by atoms with van der Waals surface area (Å²) in [6, 6.07) is 4.30. The molecule has 1 rings (SSSR count). The average Bonchev–Trinajstić information content (AvgIpc) is 2.16. The van der Waals surface area contributed by atoms with Crippen molar-refractivity contribution in [2.75, 3.05) is 7.11 Å². The zero-order valence-electron chi connectivity index (χ0n) is 9.25. The molecule has 1 unspecified atom stereocenters. The van der Waals surface area contributed by atoms with Crippen molar-refractivity contribution < 1.29 is 9.13 Å². The number of ether oxygens (including phenoxy) is 1. The van der Waals surface area contributed by atoms with E-state index < -0.39 is 6.04 Å². The first-order valence-corrected chi connectivity index (χ1v) is 4.78. The van der Waals surface area contributed by atoms with E-state index in [4.69, 9.17) is 10.5 Å². The minimum absolute atomic E-state index is 0.334. The van der Waals surface area contributed by atoms with Gasteiger partial charge >= 0.3 is 0 Å². The van der Waals surface area contributed by atoms with Gasteiger partial charge in [-0.1, -0.05) is 17.7 Å². The smallest absolute Gasteiger partial charge is 0.131 e. The molecular weight excluding hydrogens is 193 g/mol. The van der Waals surface area contributed by atoms with Gasteiger partial charge in [-0.15, -0.1) is 0 Å². The summed E-state index contributed by atoms with van der Waals surface area (Å²) in [6.45, 7) is 3.86. The molecule has 0 aliphatic carbocycles. The van der Waals surface area contributed by atoms with Crippen LogP contribution in [0.3, 0.4) is 0 Å². The number of hydrogen-bond donors (Lipinski definition) is 1. The van der Waals surface area contributed by atoms with Gasteiger partial charge in [0.15, 0.2) is 0 Å². The molecule has 1 aromatic rings. The fraction of sp³-hybridized carbons (Fsp3) is 0.333. The number of allylic oxidation sites excluding steroid dienone is 1. The molecule has 3 heteroatoms. The van der Waals surface area contributed by atoms with Crippen LogP contribution in [0.25, 0.3) is 0 Å². The SMILES string of the molecule is COc1ccc(C(N)C=C(C)C)c(F)c1. The lowest BCUT2D eigenvalue weighted by Crippen LogP contribution is -2.09. The van der Waals surface area contributed by atoms with E-state index in [1.807, 2.05) is 19.9 Å². The molecule has 0 aliphatic heterocycles. The third-order valence-corrected chi connectivity index (χ3v) is 2.08. The van der Waals surface area contributed by atoms with Gasteiger partial charge in [0.05, 0.1) is 13.2 Å². The molecular formula is C12H16FNO. The van der Waals surface area contributed by atoms with Crippen LogP contribution in [0.4, 0.5) is 4.39 Å². The molecule has 0 saturated carbocycles. The van der Waals surface area contributed by atoms with E-state index in [9.17, 15) is 4.39 Å². The molecule has 0 spiro atoms. The minimum atomic E-state index is -0.402. The van der Waals surface area contributed by atoms with Gasteiger partial charge in [-0.3, -0.25) is 0 Å². The van der Waals surface area contributed by atoms with E-state index in [1.54, 1.807) is 12.1 Å². The van der Waals surface area contributed by atoms with Crippen LogP contribution in [0.15, 0.2) is 29.8 Å². The van der Waals surface area contributed by atoms with Gasteiger partial charge in [-0.2, -0.15) is 0 Å². The molecule has 15 heavy (non-hydrogen) atoms. The maximum atomic E-state index is 13.5. The van der Waals surface area contributed by atoms with E-state index >= 15 is 0 Å². The lowest BCUT2D eigenvalue weighted by molar-refractivity contribution is 0.410. The Kier molecular flexibility index (Phi) is 3.86. The molecule has 0 heterocycles. The van der Waals surface area contributed by atoms with Crippen molar-refractivity contribution in [1.29, 1.82) is 0 Å². The van der Waals surface area contributed by atoms with Gasteiger partial charge in [0, 0.05) is 11.6 Å². The fourth-order valence-electron chi connectivity index (χ4n) is 1.35. The Morgan fingerprint density at radius 1 is 1.47 bits per heavy atom. The molecule has 0 aromatic heterocycles. The van der Waals surface area contributed by atoms with Crippen LogP contribution >= 0.6 is 0 Å². The van der Waals surface area contributed by atoms with Crippen LogP contribution in [-0.2, 0) is 0 Å². The summed E-state index contributed by atoms with van der Waals surface area (Å²) in [7, 11) is 1.50. The molecule has 82 valence electrons. The van der Waals surface area contributed by atoms with Crippen molar-refractivity contribution in [3.8, 4) is 5.75 Å². The molecule has 0 fully saturated rings. The van der Waals surface area contributed by atoms with Crippen LogP contribution in [0.5, 0.6) is 5.75 Å². The second-order valence-corrected chi connectivity index (χ2v) is 3.66. The lowest BCUT2D eigenvalue weighted by atomic mass is 10.0. The van der Waals surface area contributed by atoms with E-state index in [0.717, 1.165) is 5.57 Å². The zero-order valence-corrected chi connectivity index (χ0v) is 9.25. The molecule has 0 radical (unpaired) electrons. The third kappa shape index (κ3) is 3.06. The van der Waals surface area contributed by atoms with E-state index in [1.165, 1.54) is 13.2 Å². The van der Waals surface area contributed by atoms with Gasteiger partial charge in [-0.05, 0) is 19.9 Å². The molecule has 0 amide bonds. The average molecular weight is 209 g/mol. The van der Waals surface area contributed by atoms with Crippen LogP contribution in [0.2, 0.25) is 0 Å². The number of benzene rings is 1. The molecule has 2 nitrogen and oxygen atoms in total. The van der Waals surface area contributed by atoms with Crippen molar-refractivity contribution in [2.24, 2.45) is 5.73 Å². The Balaban J connectivity index is 3.00. The molecule has 1 atom stereocenters. The van der Waals surface area contributed by atoms with Crippen molar-refractivity contribution >= 4 is 0 Å². The van der Waals surface area contributed by atoms with E-state index in [2.05, 4.69) is 0 Å². The highest BCUT2D eigenvalue weighted by molar-refractivity contribution is 5.32. The van der Waals surface area contributed by atoms with Crippen molar-refractivity contribution in [1.82, 2.24) is 0 Å². The molecule has 0 aliphatic rings. The van der Waals surface area contributed by atoms with Crippen LogP contribution in [0.1, 0.15) is 25.5 Å². The Morgan fingerprint density at radius 2 is 2.13 bits per heavy atom. The summed E-state index contributed by atoms with van der Waals surface area (Å²) in [5.74, 6) is 0.167. The number of methoxy groups -OCH3 is 1. The monoisotopic (exact) mass is 209 g/mol. The van der Waals surface area contributed by atoms with Crippen molar-refractivity contribution in [3.63, 3.8) is 0 Å². The highest BCUT2D eigenvalue weighted by atomic mass is 19.1. The first-order valence-electron chi connectivity index (χ1n) is 4.78.